The van der Waals surface area contributed by atoms with Gasteiger partial charge in [0.05, 0.1) is 12.6 Å². The van der Waals surface area contributed by atoms with Gasteiger partial charge < -0.3 is 53.7 Å². The molecule has 1 saturated heterocycles. The normalized spacial score (nSPS) is 22.8. The average Bonchev–Trinajstić information content (AvgIpc) is 3.40. The number of benzene rings is 1. The minimum absolute atomic E-state index is 0.0453. The zero-order valence-corrected chi connectivity index (χ0v) is 24.6. The van der Waals surface area contributed by atoms with Crippen LogP contribution in [0.1, 0.15) is 24.4 Å². The predicted molar refractivity (Wildman–Crippen MR) is 162 cm³/mol. The number of aliphatic hydroxyl groups is 1. The molecule has 18 heteroatoms. The Morgan fingerprint density at radius 3 is 2.40 bits per heavy atom. The molecule has 0 unspecified atom stereocenters. The number of aromatic amines is 1. The van der Waals surface area contributed by atoms with Gasteiger partial charge in [0.15, 0.2) is 12.0 Å². The van der Waals surface area contributed by atoms with Crippen LogP contribution in [-0.4, -0.2) is 99.6 Å². The van der Waals surface area contributed by atoms with E-state index in [0.717, 1.165) is 21.6 Å². The number of carboxylic acids is 1. The first-order chi connectivity index (χ1) is 20.5. The van der Waals surface area contributed by atoms with Crippen LogP contribution < -0.4 is 38.5 Å². The van der Waals surface area contributed by atoms with E-state index in [1.54, 1.807) is 24.3 Å². The van der Waals surface area contributed by atoms with Crippen LogP contribution in [0.3, 0.4) is 0 Å². The Morgan fingerprint density at radius 2 is 1.70 bits per heavy atom. The molecule has 1 aromatic carbocycles. The topological polar surface area (TPSA) is 280 Å². The molecule has 0 spiro atoms. The van der Waals surface area contributed by atoms with Gasteiger partial charge in [-0.2, -0.15) is 0 Å². The van der Waals surface area contributed by atoms with E-state index in [2.05, 4.69) is 31.2 Å². The molecule has 2 heterocycles. The van der Waals surface area contributed by atoms with Crippen molar-refractivity contribution in [3.05, 3.63) is 36.0 Å². The third-order valence-electron chi connectivity index (χ3n) is 6.40. The van der Waals surface area contributed by atoms with E-state index < -0.39 is 66.4 Å². The van der Waals surface area contributed by atoms with Crippen molar-refractivity contribution in [1.82, 2.24) is 26.3 Å². The van der Waals surface area contributed by atoms with Gasteiger partial charge in [0.1, 0.15) is 18.1 Å². The minimum atomic E-state index is -1.49. The summed E-state index contributed by atoms with van der Waals surface area (Å²) in [6.07, 6.45) is 1.88. The van der Waals surface area contributed by atoms with Crippen LogP contribution in [0.25, 0.3) is 10.9 Å². The molecule has 0 bridgehead atoms. The van der Waals surface area contributed by atoms with Crippen LogP contribution in [0, 0.1) is 0 Å². The number of nitrogens with two attached hydrogens (primary N) is 3. The van der Waals surface area contributed by atoms with Crippen molar-refractivity contribution in [2.24, 2.45) is 22.2 Å². The lowest BCUT2D eigenvalue weighted by Crippen LogP contribution is -2.59. The number of aliphatic imine (C=N–C) groups is 1. The maximum Gasteiger partial charge on any atom is 0.330 e. The molecule has 43 heavy (non-hydrogen) atoms. The Hall–Kier alpha value is -4.00. The molecule has 1 aliphatic rings. The van der Waals surface area contributed by atoms with Crippen LogP contribution >= 0.6 is 21.6 Å². The third-order valence-corrected chi connectivity index (χ3v) is 8.84. The van der Waals surface area contributed by atoms with E-state index in [9.17, 15) is 34.2 Å². The molecule has 5 atom stereocenters. The van der Waals surface area contributed by atoms with Crippen molar-refractivity contribution in [3.8, 4) is 0 Å². The van der Waals surface area contributed by atoms with Crippen LogP contribution in [0.4, 0.5) is 0 Å². The number of hydrogen-bond acceptors (Lipinski definition) is 10. The standard InChI is InChI=1S/C25H35N9O7S2/c26-14-10-42-43-11-18(23(39)34-19(24(40)41)13-8-30-15-5-2-1-4-12(13)15)33-22(38)17(9-35)32-21(37)16(31-20(14)36)6-3-7-29-25(27)28/h1-2,4-5,8,14,16-19,30,35H,3,6-7,9-11,26H2,(H,31,36)(H,32,37)(H,33,38)(H,34,39)(H,40,41)(H4,27,28,29)/t14-,16-,17-,18+,19-/m0/s1. The monoisotopic (exact) mass is 637 g/mol. The van der Waals surface area contributed by atoms with Gasteiger partial charge in [0, 0.05) is 40.7 Å². The molecule has 234 valence electrons. The summed E-state index contributed by atoms with van der Waals surface area (Å²) in [6.45, 7) is -0.647. The van der Waals surface area contributed by atoms with Crippen molar-refractivity contribution in [3.63, 3.8) is 0 Å². The number of aliphatic carboxylic acids is 1. The molecule has 0 aliphatic carbocycles. The summed E-state index contributed by atoms with van der Waals surface area (Å²) >= 11 is 0. The van der Waals surface area contributed by atoms with Gasteiger partial charge in [-0.1, -0.05) is 39.8 Å². The van der Waals surface area contributed by atoms with Gasteiger partial charge in [-0.3, -0.25) is 24.2 Å². The smallest absolute Gasteiger partial charge is 0.330 e. The maximum atomic E-state index is 13.4. The van der Waals surface area contributed by atoms with Gasteiger partial charge in [-0.05, 0) is 18.9 Å². The van der Waals surface area contributed by atoms with Gasteiger partial charge in [0.2, 0.25) is 23.6 Å². The minimum Gasteiger partial charge on any atom is -0.479 e. The lowest BCUT2D eigenvalue weighted by atomic mass is 10.1. The van der Waals surface area contributed by atoms with Crippen molar-refractivity contribution in [2.75, 3.05) is 24.7 Å². The van der Waals surface area contributed by atoms with Crippen molar-refractivity contribution in [2.45, 2.75) is 43.1 Å². The lowest BCUT2D eigenvalue weighted by molar-refractivity contribution is -0.142. The van der Waals surface area contributed by atoms with Crippen molar-refractivity contribution >= 4 is 68.0 Å². The van der Waals surface area contributed by atoms with Gasteiger partial charge >= 0.3 is 5.97 Å². The number of H-pyrrole nitrogens is 1. The highest BCUT2D eigenvalue weighted by molar-refractivity contribution is 8.76. The molecule has 0 radical (unpaired) electrons. The lowest BCUT2D eigenvalue weighted by Gasteiger charge is -2.26. The number of aromatic nitrogens is 1. The van der Waals surface area contributed by atoms with E-state index in [0.29, 0.717) is 22.9 Å². The number of aliphatic hydroxyl groups excluding tert-OH is 1. The Labute approximate surface area is 254 Å². The summed E-state index contributed by atoms with van der Waals surface area (Å²) in [6, 6.07) is 0.631. The highest BCUT2D eigenvalue weighted by atomic mass is 33.1. The van der Waals surface area contributed by atoms with E-state index in [1.807, 2.05) is 0 Å². The number of carbonyl (C=O) groups excluding carboxylic acids is 4. The van der Waals surface area contributed by atoms with Gasteiger partial charge in [0.25, 0.3) is 0 Å². The fourth-order valence-corrected chi connectivity index (χ4v) is 6.42. The number of para-hydroxylation sites is 1. The van der Waals surface area contributed by atoms with Crippen LogP contribution in [-0.2, 0) is 24.0 Å². The molecule has 1 aliphatic heterocycles. The van der Waals surface area contributed by atoms with Crippen LogP contribution in [0.15, 0.2) is 35.5 Å². The Bertz CT molecular complexity index is 1350. The largest absolute Gasteiger partial charge is 0.479 e. The fourth-order valence-electron chi connectivity index (χ4n) is 4.13. The fraction of sp³-hybridized carbons (Fsp3) is 0.440. The van der Waals surface area contributed by atoms with Crippen molar-refractivity contribution in [1.29, 1.82) is 0 Å². The first-order valence-electron chi connectivity index (χ1n) is 13.2. The maximum absolute atomic E-state index is 13.4. The quantitative estimate of drug-likeness (QED) is 0.0598. The molecule has 3 rings (SSSR count). The zero-order chi connectivity index (χ0) is 31.5. The highest BCUT2D eigenvalue weighted by Gasteiger charge is 2.33. The Morgan fingerprint density at radius 1 is 1.02 bits per heavy atom. The van der Waals surface area contributed by atoms with Gasteiger partial charge in [-0.15, -0.1) is 0 Å². The summed E-state index contributed by atoms with van der Waals surface area (Å²) in [7, 11) is 2.28. The number of carboxylic acid groups (broad SMARTS) is 1. The SMILES string of the molecule is NC(N)=NCCC[C@@H]1NC(=O)[C@@H](N)CSSC[C@H](C(=O)N[C@H](C(=O)O)c2c[nH]c3ccccc23)NC(=O)[C@H](CO)NC1=O. The molecule has 4 amide bonds. The zero-order valence-electron chi connectivity index (χ0n) is 22.9. The number of carbonyl (C=O) groups is 5. The molecule has 1 aromatic heterocycles. The number of nitrogens with zero attached hydrogens (tertiary/aromatic N) is 1. The second kappa shape index (κ2) is 16.0. The van der Waals surface area contributed by atoms with E-state index in [1.165, 1.54) is 6.20 Å². The van der Waals surface area contributed by atoms with E-state index in [-0.39, 0.29) is 30.4 Å². The molecular formula is C25H35N9O7S2. The predicted octanol–water partition coefficient (Wildman–Crippen LogP) is -2.37. The second-order valence-corrected chi connectivity index (χ2v) is 12.1. The van der Waals surface area contributed by atoms with E-state index in [4.69, 9.17) is 17.2 Å². The molecule has 0 saturated carbocycles. The first kappa shape index (κ1) is 33.5. The Kier molecular flexibility index (Phi) is 12.5. The second-order valence-electron chi connectivity index (χ2n) is 9.56. The number of hydrogen-bond donors (Lipinski definition) is 10. The summed E-state index contributed by atoms with van der Waals surface area (Å²) in [5.41, 5.74) is 17.6. The number of amides is 4. The molecule has 13 N–H and O–H groups in total. The summed E-state index contributed by atoms with van der Waals surface area (Å²) in [5.74, 6) is -4.49. The highest BCUT2D eigenvalue weighted by Crippen LogP contribution is 2.26. The van der Waals surface area contributed by atoms with Crippen LogP contribution in [0.2, 0.25) is 0 Å². The number of rotatable bonds is 9. The Balaban J connectivity index is 1.80. The molecule has 2 aromatic rings. The molecule has 1 fully saturated rings. The number of nitrogens with one attached hydrogen (secondary N) is 5. The van der Waals surface area contributed by atoms with Crippen LogP contribution in [0.5, 0.6) is 0 Å². The van der Waals surface area contributed by atoms with Crippen molar-refractivity contribution < 1.29 is 34.2 Å². The first-order valence-corrected chi connectivity index (χ1v) is 15.7. The molecular weight excluding hydrogens is 602 g/mol. The number of fused-ring (bicyclic) bond motifs is 1. The summed E-state index contributed by atoms with van der Waals surface area (Å²) in [4.78, 5) is 71.2. The third kappa shape index (κ3) is 9.50. The molecule has 16 nitrogen and oxygen atoms in total. The number of guanidine groups is 1. The summed E-state index contributed by atoms with van der Waals surface area (Å²) in [5, 5.41) is 30.3. The summed E-state index contributed by atoms with van der Waals surface area (Å²) < 4.78 is 0. The van der Waals surface area contributed by atoms with Gasteiger partial charge in [-0.25, -0.2) is 4.79 Å². The average molecular weight is 638 g/mol. The van der Waals surface area contributed by atoms with E-state index >= 15 is 0 Å².